The Kier molecular flexibility index (Phi) is 7.66. The minimum absolute atomic E-state index is 0.202. The van der Waals surface area contributed by atoms with E-state index in [-0.39, 0.29) is 10.1 Å². The van der Waals surface area contributed by atoms with Crippen LogP contribution in [0.15, 0.2) is 12.1 Å². The van der Waals surface area contributed by atoms with Crippen molar-refractivity contribution in [1.82, 2.24) is 0 Å². The molecule has 3 nitrogen and oxygen atoms in total. The quantitative estimate of drug-likeness (QED) is 0.404. The first-order chi connectivity index (χ1) is 13.6. The molecule has 1 aromatic carbocycles. The highest BCUT2D eigenvalue weighted by molar-refractivity contribution is 6.74. The SMILES string of the molecule is CC(C)(C)[Si](C)(C)OCCc1cc(CCO[Si](C)(C)C(C)(C)C)c2c(c1)CCC2=O. The van der Waals surface area contributed by atoms with E-state index in [2.05, 4.69) is 79.9 Å². The Bertz CT molecular complexity index is 768. The molecule has 1 aromatic rings. The molecule has 0 unspecified atom stereocenters. The Morgan fingerprint density at radius 1 is 0.800 bits per heavy atom. The van der Waals surface area contributed by atoms with Crippen molar-refractivity contribution < 1.29 is 13.6 Å². The summed E-state index contributed by atoms with van der Waals surface area (Å²) in [6.07, 6.45) is 3.25. The molecule has 0 fully saturated rings. The lowest BCUT2D eigenvalue weighted by atomic mass is 9.96. The number of aryl methyl sites for hydroxylation is 1. The van der Waals surface area contributed by atoms with Crippen LogP contribution in [-0.4, -0.2) is 35.6 Å². The highest BCUT2D eigenvalue weighted by atomic mass is 28.4. The minimum Gasteiger partial charge on any atom is -0.416 e. The van der Waals surface area contributed by atoms with E-state index in [0.29, 0.717) is 18.8 Å². The van der Waals surface area contributed by atoms with Crippen LogP contribution in [0.5, 0.6) is 0 Å². The molecular weight excluding hydrogens is 404 g/mol. The molecule has 0 bridgehead atoms. The van der Waals surface area contributed by atoms with Gasteiger partial charge in [-0.25, -0.2) is 0 Å². The third kappa shape index (κ3) is 5.93. The van der Waals surface area contributed by atoms with Crippen LogP contribution in [0, 0.1) is 0 Å². The smallest absolute Gasteiger partial charge is 0.191 e. The molecule has 0 saturated heterocycles. The fourth-order valence-corrected chi connectivity index (χ4v) is 5.47. The predicted octanol–water partition coefficient (Wildman–Crippen LogP) is 6.94. The van der Waals surface area contributed by atoms with Gasteiger partial charge in [0.25, 0.3) is 0 Å². The van der Waals surface area contributed by atoms with E-state index in [1.54, 1.807) is 0 Å². The second kappa shape index (κ2) is 9.01. The van der Waals surface area contributed by atoms with E-state index >= 15 is 0 Å². The molecule has 0 saturated carbocycles. The summed E-state index contributed by atoms with van der Waals surface area (Å²) in [7, 11) is -3.51. The second-order valence-corrected chi connectivity index (χ2v) is 21.5. The van der Waals surface area contributed by atoms with Crippen LogP contribution in [0.25, 0.3) is 0 Å². The molecule has 0 aliphatic heterocycles. The van der Waals surface area contributed by atoms with Gasteiger partial charge in [0.15, 0.2) is 22.4 Å². The number of Topliss-reactive ketones (excluding diaryl/α,β-unsaturated/α-hetero) is 1. The maximum absolute atomic E-state index is 12.5. The zero-order valence-electron chi connectivity index (χ0n) is 21.1. The number of fused-ring (bicyclic) bond motifs is 1. The Morgan fingerprint density at radius 2 is 1.30 bits per heavy atom. The maximum atomic E-state index is 12.5. The Hall–Kier alpha value is -0.756. The maximum Gasteiger partial charge on any atom is 0.191 e. The van der Waals surface area contributed by atoms with Crippen LogP contribution >= 0.6 is 0 Å². The van der Waals surface area contributed by atoms with E-state index in [1.165, 1.54) is 16.7 Å². The van der Waals surface area contributed by atoms with Crippen molar-refractivity contribution in [3.05, 3.63) is 34.4 Å². The predicted molar refractivity (Wildman–Crippen MR) is 133 cm³/mol. The molecule has 2 rings (SSSR count). The molecule has 0 amide bonds. The average Bonchev–Trinajstić information content (AvgIpc) is 2.93. The molecule has 170 valence electrons. The first-order valence-electron chi connectivity index (χ1n) is 11.5. The number of rotatable bonds is 8. The van der Waals surface area contributed by atoms with Crippen LogP contribution < -0.4 is 0 Å². The van der Waals surface area contributed by atoms with Gasteiger partial charge in [-0.3, -0.25) is 4.79 Å². The molecule has 30 heavy (non-hydrogen) atoms. The van der Waals surface area contributed by atoms with Crippen LogP contribution in [-0.2, 0) is 28.1 Å². The topological polar surface area (TPSA) is 35.5 Å². The third-order valence-electron chi connectivity index (χ3n) is 7.56. The lowest BCUT2D eigenvalue weighted by molar-refractivity contribution is 0.0993. The first kappa shape index (κ1) is 25.5. The number of ketones is 1. The number of hydrogen-bond acceptors (Lipinski definition) is 3. The van der Waals surface area contributed by atoms with Crippen molar-refractivity contribution in [3.63, 3.8) is 0 Å². The standard InChI is InChI=1S/C25H44O3Si2/c1-24(2,3)29(7,8)27-15-13-19-17-20-11-12-22(26)23(20)21(18-19)14-16-28-30(9,10)25(4,5)6/h17-18H,11-16H2,1-10H3. The van der Waals surface area contributed by atoms with Gasteiger partial charge in [0.2, 0.25) is 0 Å². The zero-order valence-corrected chi connectivity index (χ0v) is 23.1. The highest BCUT2D eigenvalue weighted by Gasteiger charge is 2.38. The zero-order chi connectivity index (χ0) is 23.0. The van der Waals surface area contributed by atoms with Gasteiger partial charge in [0.1, 0.15) is 0 Å². The van der Waals surface area contributed by atoms with Crippen molar-refractivity contribution in [3.8, 4) is 0 Å². The van der Waals surface area contributed by atoms with E-state index < -0.39 is 16.6 Å². The first-order valence-corrected chi connectivity index (χ1v) is 17.3. The molecule has 0 radical (unpaired) electrons. The monoisotopic (exact) mass is 448 g/mol. The Labute approximate surface area is 187 Å². The van der Waals surface area contributed by atoms with Crippen LogP contribution in [0.1, 0.15) is 75.0 Å². The Morgan fingerprint density at radius 3 is 1.80 bits per heavy atom. The van der Waals surface area contributed by atoms with E-state index in [0.717, 1.165) is 31.4 Å². The van der Waals surface area contributed by atoms with Crippen LogP contribution in [0.2, 0.25) is 36.3 Å². The van der Waals surface area contributed by atoms with Gasteiger partial charge in [-0.1, -0.05) is 53.7 Å². The van der Waals surface area contributed by atoms with Crippen molar-refractivity contribution in [1.29, 1.82) is 0 Å². The molecular formula is C25H44O3Si2. The van der Waals surface area contributed by atoms with Gasteiger partial charge in [-0.2, -0.15) is 0 Å². The van der Waals surface area contributed by atoms with Crippen molar-refractivity contribution in [2.24, 2.45) is 0 Å². The largest absolute Gasteiger partial charge is 0.416 e. The van der Waals surface area contributed by atoms with Gasteiger partial charge < -0.3 is 8.85 Å². The van der Waals surface area contributed by atoms with Gasteiger partial charge in [-0.15, -0.1) is 0 Å². The normalized spacial score (nSPS) is 15.6. The van der Waals surface area contributed by atoms with Gasteiger partial charge in [0.05, 0.1) is 0 Å². The van der Waals surface area contributed by atoms with E-state index in [9.17, 15) is 4.79 Å². The summed E-state index contributed by atoms with van der Waals surface area (Å²) in [5.41, 5.74) is 4.68. The van der Waals surface area contributed by atoms with Crippen molar-refractivity contribution >= 4 is 22.4 Å². The summed E-state index contributed by atoms with van der Waals surface area (Å²) < 4.78 is 12.8. The number of carbonyl (C=O) groups excluding carboxylic acids is 1. The number of hydrogen-bond donors (Lipinski definition) is 0. The molecule has 0 aromatic heterocycles. The lowest BCUT2D eigenvalue weighted by Gasteiger charge is -2.36. The fourth-order valence-electron chi connectivity index (χ4n) is 3.38. The average molecular weight is 449 g/mol. The van der Waals surface area contributed by atoms with E-state index in [4.69, 9.17) is 8.85 Å². The minimum atomic E-state index is -1.78. The summed E-state index contributed by atoms with van der Waals surface area (Å²) in [5.74, 6) is 0.302. The summed E-state index contributed by atoms with van der Waals surface area (Å²) in [5, 5.41) is 0.428. The second-order valence-electron chi connectivity index (χ2n) is 11.9. The molecule has 0 heterocycles. The lowest BCUT2D eigenvalue weighted by Crippen LogP contribution is -2.41. The summed E-state index contributed by atoms with van der Waals surface area (Å²) >= 11 is 0. The molecule has 5 heteroatoms. The van der Waals surface area contributed by atoms with Crippen molar-refractivity contribution in [2.45, 2.75) is 103 Å². The molecule has 1 aliphatic rings. The number of carbonyl (C=O) groups is 1. The molecule has 1 aliphatic carbocycles. The Balaban J connectivity index is 2.11. The van der Waals surface area contributed by atoms with E-state index in [1.807, 2.05) is 0 Å². The van der Waals surface area contributed by atoms with Gasteiger partial charge in [-0.05, 0) is 72.2 Å². The van der Waals surface area contributed by atoms with Gasteiger partial charge in [0, 0.05) is 25.2 Å². The van der Waals surface area contributed by atoms with Gasteiger partial charge >= 0.3 is 0 Å². The van der Waals surface area contributed by atoms with Crippen molar-refractivity contribution in [2.75, 3.05) is 13.2 Å². The summed E-state index contributed by atoms with van der Waals surface area (Å²) in [4.78, 5) is 12.5. The third-order valence-corrected chi connectivity index (χ3v) is 16.6. The molecule has 0 N–H and O–H groups in total. The highest BCUT2D eigenvalue weighted by Crippen LogP contribution is 2.38. The summed E-state index contributed by atoms with van der Waals surface area (Å²) in [6, 6.07) is 4.49. The van der Waals surface area contributed by atoms with Crippen LogP contribution in [0.3, 0.4) is 0 Å². The molecule has 0 spiro atoms. The summed E-state index contributed by atoms with van der Waals surface area (Å²) in [6.45, 7) is 24.3. The molecule has 0 atom stereocenters. The van der Waals surface area contributed by atoms with Crippen LogP contribution in [0.4, 0.5) is 0 Å². The fraction of sp³-hybridized carbons (Fsp3) is 0.720. The number of benzene rings is 1.